The summed E-state index contributed by atoms with van der Waals surface area (Å²) in [4.78, 5) is 29.1. The average Bonchev–Trinajstić information content (AvgIpc) is 3.18. The summed E-state index contributed by atoms with van der Waals surface area (Å²) in [5.74, 6) is 0.222. The van der Waals surface area contributed by atoms with E-state index < -0.39 is 0 Å². The van der Waals surface area contributed by atoms with E-state index in [1.54, 1.807) is 0 Å². The van der Waals surface area contributed by atoms with Crippen molar-refractivity contribution in [2.45, 2.75) is 83.1 Å². The third kappa shape index (κ3) is 5.40. The van der Waals surface area contributed by atoms with Gasteiger partial charge in [-0.05, 0) is 50.4 Å². The number of carbonyl (C=O) groups is 2. The van der Waals surface area contributed by atoms with Crippen molar-refractivity contribution in [2.75, 3.05) is 31.1 Å². The van der Waals surface area contributed by atoms with E-state index in [-0.39, 0.29) is 17.7 Å². The van der Waals surface area contributed by atoms with Crippen LogP contribution in [-0.4, -0.2) is 58.7 Å². The van der Waals surface area contributed by atoms with Gasteiger partial charge in [-0.2, -0.15) is 5.10 Å². The van der Waals surface area contributed by atoms with Crippen LogP contribution < -0.4 is 10.2 Å². The molecule has 190 valence electrons. The van der Waals surface area contributed by atoms with Crippen molar-refractivity contribution >= 4 is 28.4 Å². The fourth-order valence-corrected chi connectivity index (χ4v) is 6.53. The lowest BCUT2D eigenvalue weighted by atomic mass is 9.86. The van der Waals surface area contributed by atoms with E-state index in [0.717, 1.165) is 42.1 Å². The molecule has 1 unspecified atom stereocenters. The fraction of sp³-hybridized carbons (Fsp3) is 0.679. The molecule has 0 spiro atoms. The summed E-state index contributed by atoms with van der Waals surface area (Å²) in [5, 5.41) is 8.18. The number of benzene rings is 1. The lowest BCUT2D eigenvalue weighted by molar-refractivity contribution is -0.134. The molecular weight excluding hydrogens is 438 g/mol. The van der Waals surface area contributed by atoms with Crippen molar-refractivity contribution in [3.05, 3.63) is 23.9 Å². The molecule has 2 atom stereocenters. The molecule has 7 nitrogen and oxygen atoms in total. The normalized spacial score (nSPS) is 24.8. The van der Waals surface area contributed by atoms with E-state index in [1.165, 1.54) is 63.6 Å². The molecule has 3 heterocycles. The standard InChI is InChI=1S/C28H41N5O2/c1-20-19-32(15-7-6-10-21-8-4-3-5-9-21)16-17-33(20)22-11-12-23-25(18-22)31(2)30-27(23)24-13-14-26(34)29-28(24)35/h11-12,18,20-21,24H,3-10,13-17,19H2,1-2H3,(H,29,34,35)/t20-,24?/m1/s1. The predicted molar refractivity (Wildman–Crippen MR) is 140 cm³/mol. The Labute approximate surface area is 209 Å². The van der Waals surface area contributed by atoms with Gasteiger partial charge in [0.15, 0.2) is 0 Å². The first kappa shape index (κ1) is 24.3. The minimum absolute atomic E-state index is 0.189. The molecule has 2 aliphatic heterocycles. The molecule has 5 rings (SSSR count). The quantitative estimate of drug-likeness (QED) is 0.472. The lowest BCUT2D eigenvalue weighted by Crippen LogP contribution is -2.52. The average molecular weight is 480 g/mol. The van der Waals surface area contributed by atoms with Crippen LogP contribution in [-0.2, 0) is 16.6 Å². The van der Waals surface area contributed by atoms with Gasteiger partial charge in [0.2, 0.25) is 11.8 Å². The maximum Gasteiger partial charge on any atom is 0.235 e. The van der Waals surface area contributed by atoms with E-state index in [9.17, 15) is 9.59 Å². The van der Waals surface area contributed by atoms with Gasteiger partial charge in [-0.3, -0.25) is 24.5 Å². The van der Waals surface area contributed by atoms with Gasteiger partial charge >= 0.3 is 0 Å². The van der Waals surface area contributed by atoms with Gasteiger partial charge in [0.25, 0.3) is 0 Å². The topological polar surface area (TPSA) is 70.5 Å². The Bertz CT molecular complexity index is 1060. The highest BCUT2D eigenvalue weighted by atomic mass is 16.2. The predicted octanol–water partition coefficient (Wildman–Crippen LogP) is 4.35. The van der Waals surface area contributed by atoms with Crippen LogP contribution in [0.4, 0.5) is 5.69 Å². The van der Waals surface area contributed by atoms with Gasteiger partial charge in [-0.1, -0.05) is 44.9 Å². The van der Waals surface area contributed by atoms with Crippen LogP contribution in [0.5, 0.6) is 0 Å². The Morgan fingerprint density at radius 1 is 1.06 bits per heavy atom. The summed E-state index contributed by atoms with van der Waals surface area (Å²) in [7, 11) is 1.94. The number of imide groups is 1. The van der Waals surface area contributed by atoms with Crippen molar-refractivity contribution in [3.63, 3.8) is 0 Å². The summed E-state index contributed by atoms with van der Waals surface area (Å²) < 4.78 is 1.88. The van der Waals surface area contributed by atoms with Crippen molar-refractivity contribution < 1.29 is 9.59 Å². The molecule has 1 aromatic heterocycles. The van der Waals surface area contributed by atoms with Crippen molar-refractivity contribution in [3.8, 4) is 0 Å². The van der Waals surface area contributed by atoms with Crippen LogP contribution in [0.3, 0.4) is 0 Å². The first-order valence-electron chi connectivity index (χ1n) is 13.8. The first-order valence-corrected chi connectivity index (χ1v) is 13.8. The SMILES string of the molecule is C[C@@H]1CN(CCCCC2CCCCC2)CCN1c1ccc2c(C3CCC(=O)NC3=O)nn(C)c2c1. The molecule has 2 amide bonds. The fourth-order valence-electron chi connectivity index (χ4n) is 6.53. The molecule has 1 N–H and O–H groups in total. The number of piperidine rings is 1. The van der Waals surface area contributed by atoms with Gasteiger partial charge < -0.3 is 4.90 Å². The van der Waals surface area contributed by atoms with Crippen molar-refractivity contribution in [1.82, 2.24) is 20.0 Å². The molecule has 35 heavy (non-hydrogen) atoms. The number of nitrogens with zero attached hydrogens (tertiary/aromatic N) is 4. The number of carbonyl (C=O) groups excluding carboxylic acids is 2. The van der Waals surface area contributed by atoms with Crippen LogP contribution in [0.1, 0.15) is 82.7 Å². The van der Waals surface area contributed by atoms with E-state index >= 15 is 0 Å². The van der Waals surface area contributed by atoms with Gasteiger partial charge in [0.05, 0.1) is 17.1 Å². The van der Waals surface area contributed by atoms with Crippen molar-refractivity contribution in [1.29, 1.82) is 0 Å². The summed E-state index contributed by atoms with van der Waals surface area (Å²) >= 11 is 0. The molecule has 2 aromatic rings. The Morgan fingerprint density at radius 3 is 2.66 bits per heavy atom. The Kier molecular flexibility index (Phi) is 7.42. The second-order valence-electron chi connectivity index (χ2n) is 11.1. The minimum atomic E-state index is -0.358. The van der Waals surface area contributed by atoms with Crippen LogP contribution in [0.25, 0.3) is 10.9 Å². The molecule has 2 saturated heterocycles. The molecular formula is C28H41N5O2. The van der Waals surface area contributed by atoms with Crippen LogP contribution in [0, 0.1) is 5.92 Å². The number of hydrogen-bond donors (Lipinski definition) is 1. The molecule has 3 fully saturated rings. The first-order chi connectivity index (χ1) is 17.0. The molecule has 1 aliphatic carbocycles. The number of fused-ring (bicyclic) bond motifs is 1. The molecule has 7 heteroatoms. The highest BCUT2D eigenvalue weighted by Crippen LogP contribution is 2.33. The summed E-state index contributed by atoms with van der Waals surface area (Å²) in [5.41, 5.74) is 3.05. The lowest BCUT2D eigenvalue weighted by Gasteiger charge is -2.41. The number of unbranched alkanes of at least 4 members (excludes halogenated alkanes) is 1. The van der Waals surface area contributed by atoms with E-state index in [4.69, 9.17) is 5.10 Å². The smallest absolute Gasteiger partial charge is 0.235 e. The zero-order valence-electron chi connectivity index (χ0n) is 21.5. The number of rotatable bonds is 7. The monoisotopic (exact) mass is 479 g/mol. The second-order valence-corrected chi connectivity index (χ2v) is 11.1. The van der Waals surface area contributed by atoms with Crippen molar-refractivity contribution in [2.24, 2.45) is 13.0 Å². The number of hydrogen-bond acceptors (Lipinski definition) is 5. The summed E-state index contributed by atoms with van der Waals surface area (Å²) in [6.45, 7) is 6.80. The van der Waals surface area contributed by atoms with Crippen LogP contribution >= 0.6 is 0 Å². The third-order valence-corrected chi connectivity index (χ3v) is 8.54. The van der Waals surface area contributed by atoms with E-state index in [0.29, 0.717) is 18.9 Å². The highest BCUT2D eigenvalue weighted by Gasteiger charge is 2.32. The highest BCUT2D eigenvalue weighted by molar-refractivity contribution is 6.02. The summed E-state index contributed by atoms with van der Waals surface area (Å²) in [6.07, 6.45) is 12.3. The minimum Gasteiger partial charge on any atom is -0.366 e. The van der Waals surface area contributed by atoms with Crippen LogP contribution in [0.15, 0.2) is 18.2 Å². The number of piperazine rings is 1. The van der Waals surface area contributed by atoms with Gasteiger partial charge in [-0.15, -0.1) is 0 Å². The molecule has 1 saturated carbocycles. The molecule has 0 radical (unpaired) electrons. The van der Waals surface area contributed by atoms with Gasteiger partial charge in [0, 0.05) is 50.2 Å². The van der Waals surface area contributed by atoms with Gasteiger partial charge in [0.1, 0.15) is 0 Å². The number of nitrogens with one attached hydrogen (secondary N) is 1. The van der Waals surface area contributed by atoms with E-state index in [1.807, 2.05) is 11.7 Å². The van der Waals surface area contributed by atoms with Gasteiger partial charge in [-0.25, -0.2) is 0 Å². The Morgan fingerprint density at radius 2 is 1.89 bits per heavy atom. The summed E-state index contributed by atoms with van der Waals surface area (Å²) in [6, 6.07) is 6.97. The third-order valence-electron chi connectivity index (χ3n) is 8.54. The molecule has 1 aromatic carbocycles. The second kappa shape index (κ2) is 10.7. The van der Waals surface area contributed by atoms with E-state index in [2.05, 4.69) is 40.2 Å². The Hall–Kier alpha value is -2.41. The largest absolute Gasteiger partial charge is 0.366 e. The number of aryl methyl sites for hydroxylation is 1. The molecule has 0 bridgehead atoms. The number of anilines is 1. The van der Waals surface area contributed by atoms with Crippen LogP contribution in [0.2, 0.25) is 0 Å². The molecule has 3 aliphatic rings. The zero-order chi connectivity index (χ0) is 24.4. The zero-order valence-corrected chi connectivity index (χ0v) is 21.5. The maximum absolute atomic E-state index is 12.4. The maximum atomic E-state index is 12.4. The Balaban J connectivity index is 1.19. The number of aromatic nitrogens is 2. The number of amides is 2.